The molecule has 1 heterocycles. The van der Waals surface area contributed by atoms with E-state index in [0.29, 0.717) is 10.2 Å². The molecule has 0 aliphatic heterocycles. The topological polar surface area (TPSA) is 94.6 Å². The number of sulfonamides is 1. The van der Waals surface area contributed by atoms with Crippen molar-refractivity contribution in [3.63, 3.8) is 0 Å². The van der Waals surface area contributed by atoms with E-state index < -0.39 is 16.0 Å². The van der Waals surface area contributed by atoms with E-state index in [1.54, 1.807) is 24.5 Å². The summed E-state index contributed by atoms with van der Waals surface area (Å²) in [6.45, 7) is -0.130. The van der Waals surface area contributed by atoms with E-state index in [1.165, 1.54) is 25.3 Å². The average molecular weight is 415 g/mol. The first-order valence-corrected chi connectivity index (χ1v) is 9.08. The van der Waals surface area contributed by atoms with E-state index in [1.807, 2.05) is 0 Å². The third-order valence-electron chi connectivity index (χ3n) is 2.98. The molecule has 0 saturated carbocycles. The molecule has 0 radical (unpaired) electrons. The summed E-state index contributed by atoms with van der Waals surface area (Å²) in [5, 5.41) is 0. The highest BCUT2D eigenvalue weighted by Crippen LogP contribution is 2.27. The minimum atomic E-state index is -3.69. The van der Waals surface area contributed by atoms with Gasteiger partial charge in [0, 0.05) is 18.9 Å². The maximum Gasteiger partial charge on any atom is 0.343 e. The number of nitrogens with one attached hydrogen (secondary N) is 1. The summed E-state index contributed by atoms with van der Waals surface area (Å²) in [5.74, 6) is -0.191. The summed E-state index contributed by atoms with van der Waals surface area (Å²) in [7, 11) is -2.43. The largest absolute Gasteiger partial charge is 0.481 e. The Labute approximate surface area is 148 Å². The number of halogens is 1. The average Bonchev–Trinajstić information content (AvgIpc) is 2.59. The van der Waals surface area contributed by atoms with Crippen LogP contribution in [0, 0.1) is 0 Å². The Kier molecular flexibility index (Phi) is 6.29. The van der Waals surface area contributed by atoms with Gasteiger partial charge in [-0.2, -0.15) is 0 Å². The molecule has 0 bridgehead atoms. The van der Waals surface area contributed by atoms with Crippen molar-refractivity contribution in [2.75, 3.05) is 13.7 Å². The minimum Gasteiger partial charge on any atom is -0.481 e. The number of hydrogen-bond donors (Lipinski definition) is 1. The molecule has 0 saturated heterocycles. The number of methoxy groups -OCH3 is 1. The molecule has 2 aromatic rings. The third kappa shape index (κ3) is 5.02. The zero-order valence-corrected chi connectivity index (χ0v) is 15.1. The van der Waals surface area contributed by atoms with Crippen molar-refractivity contribution in [1.82, 2.24) is 9.71 Å². The van der Waals surface area contributed by atoms with Crippen LogP contribution in [0.4, 0.5) is 0 Å². The van der Waals surface area contributed by atoms with Crippen molar-refractivity contribution >= 4 is 31.9 Å². The number of esters is 1. The molecule has 0 atom stereocenters. The number of hydrogen-bond acceptors (Lipinski definition) is 6. The highest BCUT2D eigenvalue weighted by molar-refractivity contribution is 9.10. The summed E-state index contributed by atoms with van der Waals surface area (Å²) < 4.78 is 37.3. The Balaban J connectivity index is 2.07. The number of carbonyl (C=O) groups excluding carboxylic acids is 1. The smallest absolute Gasteiger partial charge is 0.343 e. The maximum atomic E-state index is 12.3. The molecule has 0 spiro atoms. The standard InChI is InChI=1S/C15H15BrN2O5S/c1-22-15(19)10-23-14-5-4-12(7-13(14)16)24(20,21)18-9-11-3-2-6-17-8-11/h2-8,18H,9-10H2,1H3. The van der Waals surface area contributed by atoms with Crippen LogP contribution in [0.2, 0.25) is 0 Å². The highest BCUT2D eigenvalue weighted by Gasteiger charge is 2.16. The molecule has 0 fully saturated rings. The lowest BCUT2D eigenvalue weighted by atomic mass is 10.3. The third-order valence-corrected chi connectivity index (χ3v) is 4.99. The number of pyridine rings is 1. The first-order chi connectivity index (χ1) is 11.4. The van der Waals surface area contributed by atoms with Crippen molar-refractivity contribution < 1.29 is 22.7 Å². The molecule has 1 aromatic carbocycles. The highest BCUT2D eigenvalue weighted by atomic mass is 79.9. The minimum absolute atomic E-state index is 0.0729. The van der Waals surface area contributed by atoms with Crippen molar-refractivity contribution in [2.45, 2.75) is 11.4 Å². The molecule has 0 amide bonds. The summed E-state index contributed by atoms with van der Waals surface area (Å²) in [4.78, 5) is 15.1. The Bertz CT molecular complexity index is 812. The number of rotatable bonds is 7. The van der Waals surface area contributed by atoms with Gasteiger partial charge in [-0.25, -0.2) is 17.9 Å². The van der Waals surface area contributed by atoms with Crippen LogP contribution in [0.25, 0.3) is 0 Å². The molecule has 1 N–H and O–H groups in total. The van der Waals surface area contributed by atoms with Gasteiger partial charge in [0.15, 0.2) is 6.61 Å². The first-order valence-electron chi connectivity index (χ1n) is 6.80. The van der Waals surface area contributed by atoms with Gasteiger partial charge in [0.05, 0.1) is 16.5 Å². The van der Waals surface area contributed by atoms with Gasteiger partial charge in [-0.15, -0.1) is 0 Å². The summed E-state index contributed by atoms with van der Waals surface area (Å²) in [5.41, 5.74) is 0.748. The lowest BCUT2D eigenvalue weighted by Gasteiger charge is -2.10. The molecular weight excluding hydrogens is 400 g/mol. The molecule has 9 heteroatoms. The van der Waals surface area contributed by atoms with Gasteiger partial charge in [0.25, 0.3) is 0 Å². The Morgan fingerprint density at radius 3 is 2.75 bits per heavy atom. The van der Waals surface area contributed by atoms with Crippen LogP contribution in [0.1, 0.15) is 5.56 Å². The molecule has 128 valence electrons. The molecule has 2 rings (SSSR count). The number of carbonyl (C=O) groups is 1. The van der Waals surface area contributed by atoms with E-state index in [-0.39, 0.29) is 18.0 Å². The summed E-state index contributed by atoms with van der Waals surface area (Å²) in [6.07, 6.45) is 3.20. The van der Waals surface area contributed by atoms with Crippen molar-refractivity contribution in [3.8, 4) is 5.75 Å². The zero-order chi connectivity index (χ0) is 17.6. The number of ether oxygens (including phenoxy) is 2. The van der Waals surface area contributed by atoms with Gasteiger partial charge >= 0.3 is 5.97 Å². The predicted molar refractivity (Wildman–Crippen MR) is 89.9 cm³/mol. The van der Waals surface area contributed by atoms with E-state index >= 15 is 0 Å². The second kappa shape index (κ2) is 8.22. The van der Waals surface area contributed by atoms with Crippen LogP contribution < -0.4 is 9.46 Å². The Hall–Kier alpha value is -1.97. The number of aromatic nitrogens is 1. The van der Waals surface area contributed by atoms with Crippen LogP contribution in [-0.4, -0.2) is 33.1 Å². The predicted octanol–water partition coefficient (Wildman–Crippen LogP) is 1.87. The van der Waals surface area contributed by atoms with Gasteiger partial charge < -0.3 is 9.47 Å². The fraction of sp³-hybridized carbons (Fsp3) is 0.200. The lowest BCUT2D eigenvalue weighted by Crippen LogP contribution is -2.23. The van der Waals surface area contributed by atoms with E-state index in [9.17, 15) is 13.2 Å². The molecule has 1 aromatic heterocycles. The zero-order valence-electron chi connectivity index (χ0n) is 12.7. The van der Waals surface area contributed by atoms with Gasteiger partial charge in [0.2, 0.25) is 10.0 Å². The van der Waals surface area contributed by atoms with Crippen molar-refractivity contribution in [2.24, 2.45) is 0 Å². The van der Waals surface area contributed by atoms with E-state index in [4.69, 9.17) is 4.74 Å². The van der Waals surface area contributed by atoms with Crippen LogP contribution in [0.15, 0.2) is 52.1 Å². The molecule has 0 aliphatic carbocycles. The Morgan fingerprint density at radius 1 is 1.33 bits per heavy atom. The summed E-state index contributed by atoms with van der Waals surface area (Å²) in [6, 6.07) is 7.76. The lowest BCUT2D eigenvalue weighted by molar-refractivity contribution is -0.142. The quantitative estimate of drug-likeness (QED) is 0.694. The number of benzene rings is 1. The fourth-order valence-corrected chi connectivity index (χ4v) is 3.41. The van der Waals surface area contributed by atoms with Crippen molar-refractivity contribution in [3.05, 3.63) is 52.8 Å². The second-order valence-electron chi connectivity index (χ2n) is 4.64. The fourth-order valence-electron chi connectivity index (χ4n) is 1.73. The van der Waals surface area contributed by atoms with Crippen LogP contribution in [-0.2, 0) is 26.1 Å². The molecule has 24 heavy (non-hydrogen) atoms. The van der Waals surface area contributed by atoms with E-state index in [0.717, 1.165) is 5.56 Å². The van der Waals surface area contributed by atoms with Crippen LogP contribution in [0.3, 0.4) is 0 Å². The van der Waals surface area contributed by atoms with Crippen LogP contribution >= 0.6 is 15.9 Å². The van der Waals surface area contributed by atoms with Gasteiger partial charge in [-0.3, -0.25) is 4.98 Å². The monoisotopic (exact) mass is 414 g/mol. The molecular formula is C15H15BrN2O5S. The molecule has 0 aliphatic rings. The maximum absolute atomic E-state index is 12.3. The first kappa shape index (κ1) is 18.4. The normalized spacial score (nSPS) is 11.1. The number of nitrogens with zero attached hydrogens (tertiary/aromatic N) is 1. The Morgan fingerprint density at radius 2 is 2.12 bits per heavy atom. The van der Waals surface area contributed by atoms with E-state index in [2.05, 4.69) is 30.4 Å². The molecule has 7 nitrogen and oxygen atoms in total. The van der Waals surface area contributed by atoms with Crippen molar-refractivity contribution in [1.29, 1.82) is 0 Å². The SMILES string of the molecule is COC(=O)COc1ccc(S(=O)(=O)NCc2cccnc2)cc1Br. The van der Waals surface area contributed by atoms with Gasteiger partial charge in [-0.05, 0) is 45.8 Å². The van der Waals surface area contributed by atoms with Gasteiger partial charge in [0.1, 0.15) is 5.75 Å². The van der Waals surface area contributed by atoms with Crippen LogP contribution in [0.5, 0.6) is 5.75 Å². The second-order valence-corrected chi connectivity index (χ2v) is 7.26. The summed E-state index contributed by atoms with van der Waals surface area (Å²) >= 11 is 3.23. The molecule has 0 unspecified atom stereocenters. The van der Waals surface area contributed by atoms with Gasteiger partial charge in [-0.1, -0.05) is 6.07 Å².